The SMILES string of the molecule is C[N+]1(C)C=CN=C1.O=C([O-])C(F)(F)C(F)(F)C(F)(F)C(F)(F)F. The van der Waals surface area contributed by atoms with Crippen molar-refractivity contribution in [1.82, 2.24) is 0 Å². The summed E-state index contributed by atoms with van der Waals surface area (Å²) in [4.78, 5) is 13.3. The summed E-state index contributed by atoms with van der Waals surface area (Å²) in [5.74, 6) is -25.1. The number of aliphatic carboxylic acids is 1. The number of quaternary nitrogens is 1. The number of halogens is 9. The lowest BCUT2D eigenvalue weighted by molar-refractivity contribution is -0.732. The fourth-order valence-corrected chi connectivity index (χ4v) is 0.962. The van der Waals surface area contributed by atoms with Gasteiger partial charge in [-0.2, -0.15) is 39.5 Å². The van der Waals surface area contributed by atoms with E-state index >= 15 is 0 Å². The summed E-state index contributed by atoms with van der Waals surface area (Å²) in [5, 5.41) is 9.40. The van der Waals surface area contributed by atoms with Crippen LogP contribution in [0.4, 0.5) is 39.5 Å². The van der Waals surface area contributed by atoms with Crippen LogP contribution in [0.1, 0.15) is 0 Å². The Labute approximate surface area is 123 Å². The molecule has 0 aromatic rings. The number of hydrogen-bond donors (Lipinski definition) is 0. The predicted molar refractivity (Wildman–Crippen MR) is 55.6 cm³/mol. The predicted octanol–water partition coefficient (Wildman–Crippen LogP) is 1.78. The summed E-state index contributed by atoms with van der Waals surface area (Å²) in [5.41, 5.74) is 0. The maximum Gasteiger partial charge on any atom is 0.460 e. The Balaban J connectivity index is 0.000000568. The third-order valence-electron chi connectivity index (χ3n) is 2.30. The largest absolute Gasteiger partial charge is 0.544 e. The standard InChI is InChI=1S/C5HF9O2.C5H9N2/c6-2(7,1(15)16)3(8,9)4(10,11)5(12,13)14;1-7(2)4-3-6-5-7/h(H,15,16);3-5H,1-2H3/q;+1/p-1. The van der Waals surface area contributed by atoms with Gasteiger partial charge in [-0.3, -0.25) is 4.48 Å². The average Bonchev–Trinajstić information content (AvgIpc) is 2.72. The minimum Gasteiger partial charge on any atom is -0.544 e. The van der Waals surface area contributed by atoms with E-state index in [1.54, 1.807) is 6.20 Å². The van der Waals surface area contributed by atoms with Crippen LogP contribution >= 0.6 is 0 Å². The van der Waals surface area contributed by atoms with Gasteiger partial charge in [0.25, 0.3) is 0 Å². The summed E-state index contributed by atoms with van der Waals surface area (Å²) in [6.45, 7) is 0. The van der Waals surface area contributed by atoms with Gasteiger partial charge in [0.1, 0.15) is 12.2 Å². The number of alkyl halides is 9. The first-order valence-corrected chi connectivity index (χ1v) is 5.37. The Morgan fingerprint density at radius 3 is 1.57 bits per heavy atom. The fraction of sp³-hybridized carbons (Fsp3) is 0.600. The molecular formula is C10H9F9N2O2. The third-order valence-corrected chi connectivity index (χ3v) is 2.30. The number of carbonyl (C=O) groups excluding carboxylic acids is 1. The van der Waals surface area contributed by atoms with Crippen LogP contribution in [0.15, 0.2) is 17.4 Å². The maximum atomic E-state index is 12.1. The monoisotopic (exact) mass is 360 g/mol. The lowest BCUT2D eigenvalue weighted by Gasteiger charge is -2.33. The molecule has 0 fully saturated rings. The molecule has 0 spiro atoms. The van der Waals surface area contributed by atoms with Crippen molar-refractivity contribution in [2.24, 2.45) is 4.99 Å². The molecule has 0 bridgehead atoms. The van der Waals surface area contributed by atoms with Gasteiger partial charge >= 0.3 is 23.9 Å². The molecule has 134 valence electrons. The van der Waals surface area contributed by atoms with Crippen molar-refractivity contribution in [2.75, 3.05) is 14.1 Å². The minimum atomic E-state index is -7.20. The Kier molecular flexibility index (Phi) is 5.55. The molecule has 0 N–H and O–H groups in total. The van der Waals surface area contributed by atoms with Crippen LogP contribution in [-0.4, -0.2) is 54.8 Å². The lowest BCUT2D eigenvalue weighted by atomic mass is 10.0. The van der Waals surface area contributed by atoms with Crippen LogP contribution in [0, 0.1) is 0 Å². The number of carboxylic acid groups (broad SMARTS) is 1. The molecule has 0 atom stereocenters. The molecule has 13 heteroatoms. The van der Waals surface area contributed by atoms with Gasteiger partial charge in [-0.1, -0.05) is 0 Å². The van der Waals surface area contributed by atoms with Gasteiger partial charge in [0.15, 0.2) is 6.34 Å². The van der Waals surface area contributed by atoms with Gasteiger partial charge in [-0.15, -0.1) is 0 Å². The van der Waals surface area contributed by atoms with E-state index in [4.69, 9.17) is 0 Å². The minimum absolute atomic E-state index is 0.778. The zero-order valence-electron chi connectivity index (χ0n) is 11.3. The van der Waals surface area contributed by atoms with E-state index in [0.29, 0.717) is 0 Å². The molecule has 1 heterocycles. The topological polar surface area (TPSA) is 52.5 Å². The van der Waals surface area contributed by atoms with E-state index in [0.717, 1.165) is 4.48 Å². The van der Waals surface area contributed by atoms with E-state index in [1.165, 1.54) is 0 Å². The Morgan fingerprint density at radius 1 is 0.957 bits per heavy atom. The van der Waals surface area contributed by atoms with Crippen LogP contribution in [0.25, 0.3) is 0 Å². The number of carbonyl (C=O) groups is 1. The molecule has 1 rings (SSSR count). The van der Waals surface area contributed by atoms with Crippen molar-refractivity contribution in [3.8, 4) is 0 Å². The molecule has 1 aliphatic heterocycles. The second kappa shape index (κ2) is 6.02. The fourth-order valence-electron chi connectivity index (χ4n) is 0.962. The van der Waals surface area contributed by atoms with Crippen LogP contribution in [0.5, 0.6) is 0 Å². The van der Waals surface area contributed by atoms with Crippen molar-refractivity contribution in [1.29, 1.82) is 0 Å². The molecule has 0 saturated carbocycles. The summed E-state index contributed by atoms with van der Waals surface area (Å²) < 4.78 is 107. The van der Waals surface area contributed by atoms with Gasteiger partial charge < -0.3 is 9.90 Å². The first kappa shape index (κ1) is 21.2. The van der Waals surface area contributed by atoms with Crippen molar-refractivity contribution in [2.45, 2.75) is 23.9 Å². The highest BCUT2D eigenvalue weighted by atomic mass is 19.4. The number of hydrogen-bond acceptors (Lipinski definition) is 3. The highest BCUT2D eigenvalue weighted by molar-refractivity contribution is 5.74. The van der Waals surface area contributed by atoms with Crippen LogP contribution in [0.3, 0.4) is 0 Å². The quantitative estimate of drug-likeness (QED) is 0.569. The number of rotatable bonds is 3. The molecule has 0 radical (unpaired) electrons. The lowest BCUT2D eigenvalue weighted by Crippen LogP contribution is -2.65. The number of nitrogens with zero attached hydrogens (tertiary/aromatic N) is 2. The Morgan fingerprint density at radius 2 is 1.39 bits per heavy atom. The smallest absolute Gasteiger partial charge is 0.460 e. The van der Waals surface area contributed by atoms with Gasteiger partial charge in [-0.25, -0.2) is 4.99 Å². The Hall–Kier alpha value is -1.79. The van der Waals surface area contributed by atoms with E-state index in [1.807, 2.05) is 12.5 Å². The van der Waals surface area contributed by atoms with Gasteiger partial charge in [0.05, 0.1) is 20.3 Å². The first-order valence-electron chi connectivity index (χ1n) is 5.37. The molecule has 0 unspecified atom stereocenters. The zero-order valence-corrected chi connectivity index (χ0v) is 11.3. The molecule has 23 heavy (non-hydrogen) atoms. The van der Waals surface area contributed by atoms with Crippen LogP contribution < -0.4 is 5.11 Å². The van der Waals surface area contributed by atoms with Crippen molar-refractivity contribution < 1.29 is 53.9 Å². The highest BCUT2D eigenvalue weighted by Crippen LogP contribution is 2.52. The van der Waals surface area contributed by atoms with Crippen molar-refractivity contribution >= 4 is 12.3 Å². The van der Waals surface area contributed by atoms with Gasteiger partial charge in [0, 0.05) is 0 Å². The van der Waals surface area contributed by atoms with Crippen LogP contribution in [-0.2, 0) is 4.79 Å². The molecule has 4 nitrogen and oxygen atoms in total. The molecular weight excluding hydrogens is 351 g/mol. The second-order valence-electron chi connectivity index (χ2n) is 4.70. The van der Waals surface area contributed by atoms with Crippen molar-refractivity contribution in [3.05, 3.63) is 12.4 Å². The van der Waals surface area contributed by atoms with E-state index in [2.05, 4.69) is 19.1 Å². The molecule has 0 aromatic heterocycles. The molecule has 1 aliphatic rings. The molecule has 0 saturated heterocycles. The zero-order chi connectivity index (χ0) is 18.9. The van der Waals surface area contributed by atoms with Crippen molar-refractivity contribution in [3.63, 3.8) is 0 Å². The number of carboxylic acids is 1. The van der Waals surface area contributed by atoms with E-state index < -0.39 is 29.9 Å². The number of aliphatic imine (C=N–C) groups is 1. The van der Waals surface area contributed by atoms with E-state index in [-0.39, 0.29) is 0 Å². The molecule has 0 aliphatic carbocycles. The normalized spacial score (nSPS) is 17.7. The summed E-state index contributed by atoms with van der Waals surface area (Å²) >= 11 is 0. The van der Waals surface area contributed by atoms with Gasteiger partial charge in [0.2, 0.25) is 0 Å². The van der Waals surface area contributed by atoms with E-state index in [9.17, 15) is 49.4 Å². The average molecular weight is 360 g/mol. The Bertz CT molecular complexity index is 495. The van der Waals surface area contributed by atoms with Gasteiger partial charge in [-0.05, 0) is 0 Å². The van der Waals surface area contributed by atoms with Crippen LogP contribution in [0.2, 0.25) is 0 Å². The third kappa shape index (κ3) is 4.14. The molecule has 0 aromatic carbocycles. The summed E-state index contributed by atoms with van der Waals surface area (Å²) in [6.07, 6.45) is -1.34. The summed E-state index contributed by atoms with van der Waals surface area (Å²) in [6, 6.07) is 0. The maximum absolute atomic E-state index is 12.1. The molecule has 0 amide bonds. The highest BCUT2D eigenvalue weighted by Gasteiger charge is 2.82. The summed E-state index contributed by atoms with van der Waals surface area (Å²) in [7, 11) is 4.12. The first-order chi connectivity index (χ1) is 9.90. The second-order valence-corrected chi connectivity index (χ2v) is 4.70.